The highest BCUT2D eigenvalue weighted by Gasteiger charge is 2.37. The molecule has 0 radical (unpaired) electrons. The topological polar surface area (TPSA) is 49.4 Å². The Hall–Kier alpha value is -0.580. The fraction of sp³-hybridized carbons (Fsp3) is 0.750. The van der Waals surface area contributed by atoms with E-state index >= 15 is 0 Å². The first-order valence-electron chi connectivity index (χ1n) is 4.40. The molecule has 0 saturated carbocycles. The summed E-state index contributed by atoms with van der Waals surface area (Å²) < 4.78 is 0. The third-order valence-corrected chi connectivity index (χ3v) is 3.42. The second kappa shape index (κ2) is 3.29. The summed E-state index contributed by atoms with van der Waals surface area (Å²) >= 11 is 3.31. The van der Waals surface area contributed by atoms with E-state index in [1.165, 1.54) is 0 Å². The predicted molar refractivity (Wildman–Crippen MR) is 50.5 cm³/mol. The van der Waals surface area contributed by atoms with Gasteiger partial charge in [0.15, 0.2) is 0 Å². The second-order valence-corrected chi connectivity index (χ2v) is 4.56. The number of hydrogen-bond donors (Lipinski definition) is 1. The Morgan fingerprint density at radius 3 is 2.69 bits per heavy atom. The minimum absolute atomic E-state index is 0.0387. The molecule has 2 rings (SSSR count). The van der Waals surface area contributed by atoms with Crippen LogP contribution in [0.4, 0.5) is 0 Å². The molecule has 2 atom stereocenters. The molecule has 2 fully saturated rings. The van der Waals surface area contributed by atoms with Crippen LogP contribution < -0.4 is 5.32 Å². The van der Waals surface area contributed by atoms with E-state index in [1.807, 2.05) is 0 Å². The van der Waals surface area contributed by atoms with Crippen molar-refractivity contribution >= 4 is 27.7 Å². The van der Waals surface area contributed by atoms with E-state index in [4.69, 9.17) is 0 Å². The van der Waals surface area contributed by atoms with E-state index in [2.05, 4.69) is 21.2 Å². The van der Waals surface area contributed by atoms with Crippen LogP contribution in [0.15, 0.2) is 0 Å². The van der Waals surface area contributed by atoms with Gasteiger partial charge in [0.2, 0.25) is 11.8 Å². The number of amides is 2. The maximum Gasteiger partial charge on any atom is 0.236 e. The number of hydrogen-bond acceptors (Lipinski definition) is 2. The molecule has 2 saturated heterocycles. The van der Waals surface area contributed by atoms with Crippen molar-refractivity contribution in [2.75, 3.05) is 13.1 Å². The third kappa shape index (κ3) is 1.57. The molecule has 2 aliphatic heterocycles. The summed E-state index contributed by atoms with van der Waals surface area (Å²) in [5.41, 5.74) is 0. The molecule has 4 nitrogen and oxygen atoms in total. The van der Waals surface area contributed by atoms with Crippen LogP contribution in [-0.4, -0.2) is 40.7 Å². The predicted octanol–water partition coefficient (Wildman–Crippen LogP) is -0.129. The van der Waals surface area contributed by atoms with Crippen molar-refractivity contribution in [3.05, 3.63) is 0 Å². The molecule has 13 heavy (non-hydrogen) atoms. The number of alkyl halides is 1. The number of rotatable bonds is 1. The first-order chi connectivity index (χ1) is 6.18. The lowest BCUT2D eigenvalue weighted by atomic mass is 10.2. The molecular formula is C8H11BrN2O2. The normalized spacial score (nSPS) is 34.1. The standard InChI is InChI=1S/C8H11BrN2O2/c9-6-1-2-11(8(6)13)5-3-7(12)10-4-5/h5-6H,1-4H2,(H,10,12). The minimum atomic E-state index is -0.0387. The SMILES string of the molecule is O=C1CC(N2CCC(Br)C2=O)CN1. The highest BCUT2D eigenvalue weighted by molar-refractivity contribution is 9.10. The van der Waals surface area contributed by atoms with Crippen molar-refractivity contribution in [1.29, 1.82) is 0 Å². The fourth-order valence-electron chi connectivity index (χ4n) is 1.84. The van der Waals surface area contributed by atoms with Crippen molar-refractivity contribution in [2.24, 2.45) is 0 Å². The van der Waals surface area contributed by atoms with Crippen molar-refractivity contribution in [3.63, 3.8) is 0 Å². The summed E-state index contributed by atoms with van der Waals surface area (Å²) in [7, 11) is 0. The summed E-state index contributed by atoms with van der Waals surface area (Å²) in [6, 6.07) is 0.0857. The maximum absolute atomic E-state index is 11.5. The van der Waals surface area contributed by atoms with Crippen molar-refractivity contribution in [2.45, 2.75) is 23.7 Å². The molecule has 2 heterocycles. The number of halogens is 1. The van der Waals surface area contributed by atoms with Gasteiger partial charge in [0, 0.05) is 19.5 Å². The number of nitrogens with one attached hydrogen (secondary N) is 1. The number of nitrogens with zero attached hydrogens (tertiary/aromatic N) is 1. The van der Waals surface area contributed by atoms with Gasteiger partial charge in [-0.15, -0.1) is 0 Å². The molecule has 2 aliphatic rings. The monoisotopic (exact) mass is 246 g/mol. The Bertz CT molecular complexity index is 257. The van der Waals surface area contributed by atoms with Crippen molar-refractivity contribution in [1.82, 2.24) is 10.2 Å². The molecule has 1 N–H and O–H groups in total. The molecule has 5 heteroatoms. The lowest BCUT2D eigenvalue weighted by Crippen LogP contribution is -2.39. The molecule has 0 spiro atoms. The number of carbonyl (C=O) groups is 2. The molecule has 0 aromatic rings. The Kier molecular flexibility index (Phi) is 2.27. The molecule has 0 aliphatic carbocycles. The van der Waals surface area contributed by atoms with Crippen LogP contribution in [0, 0.1) is 0 Å². The molecular weight excluding hydrogens is 236 g/mol. The van der Waals surface area contributed by atoms with Crippen molar-refractivity contribution in [3.8, 4) is 0 Å². The van der Waals surface area contributed by atoms with Gasteiger partial charge < -0.3 is 10.2 Å². The zero-order valence-electron chi connectivity index (χ0n) is 7.12. The molecule has 2 amide bonds. The Morgan fingerprint density at radius 2 is 2.23 bits per heavy atom. The average Bonchev–Trinajstić information content (AvgIpc) is 2.62. The summed E-state index contributed by atoms with van der Waals surface area (Å²) in [5, 5.41) is 2.73. The smallest absolute Gasteiger partial charge is 0.236 e. The van der Waals surface area contributed by atoms with E-state index in [9.17, 15) is 9.59 Å². The van der Waals surface area contributed by atoms with Gasteiger partial charge in [-0.25, -0.2) is 0 Å². The highest BCUT2D eigenvalue weighted by Crippen LogP contribution is 2.22. The van der Waals surface area contributed by atoms with Crippen LogP contribution in [0.3, 0.4) is 0 Å². The van der Waals surface area contributed by atoms with E-state index in [0.717, 1.165) is 13.0 Å². The van der Waals surface area contributed by atoms with Gasteiger partial charge >= 0.3 is 0 Å². The lowest BCUT2D eigenvalue weighted by Gasteiger charge is -2.21. The van der Waals surface area contributed by atoms with E-state index < -0.39 is 0 Å². The fourth-order valence-corrected chi connectivity index (χ4v) is 2.31. The van der Waals surface area contributed by atoms with Gasteiger partial charge in [-0.3, -0.25) is 9.59 Å². The summed E-state index contributed by atoms with van der Waals surface area (Å²) in [6.45, 7) is 1.39. The van der Waals surface area contributed by atoms with Gasteiger partial charge in [-0.05, 0) is 6.42 Å². The van der Waals surface area contributed by atoms with Crippen LogP contribution in [0.5, 0.6) is 0 Å². The molecule has 0 aromatic carbocycles. The summed E-state index contributed by atoms with van der Waals surface area (Å²) in [6.07, 6.45) is 1.31. The van der Waals surface area contributed by atoms with Gasteiger partial charge in [-0.2, -0.15) is 0 Å². The van der Waals surface area contributed by atoms with Crippen LogP contribution >= 0.6 is 15.9 Å². The highest BCUT2D eigenvalue weighted by atomic mass is 79.9. The third-order valence-electron chi connectivity index (χ3n) is 2.57. The van der Waals surface area contributed by atoms with Gasteiger partial charge in [-0.1, -0.05) is 15.9 Å². The first kappa shape index (κ1) is 8.99. The van der Waals surface area contributed by atoms with E-state index in [-0.39, 0.29) is 22.7 Å². The maximum atomic E-state index is 11.5. The summed E-state index contributed by atoms with van der Waals surface area (Å²) in [5.74, 6) is 0.178. The number of carbonyl (C=O) groups excluding carboxylic acids is 2. The Morgan fingerprint density at radius 1 is 1.46 bits per heavy atom. The molecule has 2 unspecified atom stereocenters. The molecule has 0 aromatic heterocycles. The quantitative estimate of drug-likeness (QED) is 0.656. The van der Waals surface area contributed by atoms with Crippen molar-refractivity contribution < 1.29 is 9.59 Å². The van der Waals surface area contributed by atoms with Gasteiger partial charge in [0.1, 0.15) is 0 Å². The average molecular weight is 247 g/mol. The summed E-state index contributed by atoms with van der Waals surface area (Å²) in [4.78, 5) is 24.2. The zero-order valence-corrected chi connectivity index (χ0v) is 8.71. The molecule has 72 valence electrons. The van der Waals surface area contributed by atoms with Crippen LogP contribution in [0.2, 0.25) is 0 Å². The van der Waals surface area contributed by atoms with Crippen LogP contribution in [0.1, 0.15) is 12.8 Å². The second-order valence-electron chi connectivity index (χ2n) is 3.45. The van der Waals surface area contributed by atoms with Gasteiger partial charge in [0.25, 0.3) is 0 Å². The number of likely N-dealkylation sites (tertiary alicyclic amines) is 1. The lowest BCUT2D eigenvalue weighted by molar-refractivity contribution is -0.129. The molecule has 0 bridgehead atoms. The Balaban J connectivity index is 2.02. The van der Waals surface area contributed by atoms with Crippen LogP contribution in [-0.2, 0) is 9.59 Å². The zero-order chi connectivity index (χ0) is 9.42. The largest absolute Gasteiger partial charge is 0.354 e. The van der Waals surface area contributed by atoms with Gasteiger partial charge in [0.05, 0.1) is 10.9 Å². The minimum Gasteiger partial charge on any atom is -0.354 e. The Labute approximate surface area is 84.8 Å². The first-order valence-corrected chi connectivity index (χ1v) is 5.31. The van der Waals surface area contributed by atoms with E-state index in [0.29, 0.717) is 13.0 Å². The van der Waals surface area contributed by atoms with Crippen LogP contribution in [0.25, 0.3) is 0 Å². The van der Waals surface area contributed by atoms with E-state index in [1.54, 1.807) is 4.90 Å².